The van der Waals surface area contributed by atoms with Gasteiger partial charge in [0.25, 0.3) is 11.8 Å². The van der Waals surface area contributed by atoms with Crippen molar-refractivity contribution < 1.29 is 53.4 Å². The Labute approximate surface area is 434 Å². The van der Waals surface area contributed by atoms with E-state index in [9.17, 15) is 58.6 Å². The monoisotopic (exact) mass is 1050 g/mol. The number of aliphatic imine (C=N–C) groups is 1. The highest BCUT2D eigenvalue weighted by molar-refractivity contribution is 6.40. The number of nitrogens with one attached hydrogen (secondary N) is 8. The van der Waals surface area contributed by atoms with Gasteiger partial charge in [-0.15, -0.1) is 0 Å². The van der Waals surface area contributed by atoms with Crippen LogP contribution in [0.25, 0.3) is 0 Å². The Hall–Kier alpha value is -7.42. The summed E-state index contributed by atoms with van der Waals surface area (Å²) in [6.45, 7) is 0.951. The van der Waals surface area contributed by atoms with Gasteiger partial charge in [0, 0.05) is 26.1 Å². The van der Waals surface area contributed by atoms with E-state index in [2.05, 4.69) is 42.2 Å². The van der Waals surface area contributed by atoms with Gasteiger partial charge in [-0.1, -0.05) is 24.6 Å². The number of unbranched alkanes of at least 4 members (excludes halogenated alkanes) is 2. The largest absolute Gasteiger partial charge is 0.477 e. The fourth-order valence-corrected chi connectivity index (χ4v) is 7.53. The van der Waals surface area contributed by atoms with Crippen LogP contribution in [0.1, 0.15) is 88.7 Å². The van der Waals surface area contributed by atoms with E-state index < -0.39 is 114 Å². The zero-order chi connectivity index (χ0) is 56.0. The number of aliphatic hydroxyl groups excluding tert-OH is 1. The Morgan fingerprint density at radius 1 is 0.867 bits per heavy atom. The first-order valence-electron chi connectivity index (χ1n) is 24.7. The van der Waals surface area contributed by atoms with Crippen molar-refractivity contribution in [3.63, 3.8) is 0 Å². The van der Waals surface area contributed by atoms with Gasteiger partial charge >= 0.3 is 5.97 Å². The zero-order valence-electron chi connectivity index (χ0n) is 42.2. The molecule has 1 saturated heterocycles. The molecule has 0 spiro atoms. The predicted molar refractivity (Wildman–Crippen MR) is 274 cm³/mol. The number of carboxylic acid groups (broad SMARTS) is 1. The lowest BCUT2D eigenvalue weighted by Gasteiger charge is -2.28. The van der Waals surface area contributed by atoms with Crippen LogP contribution in [0.4, 0.5) is 0 Å². The first-order valence-corrected chi connectivity index (χ1v) is 24.7. The molecule has 0 radical (unpaired) electrons. The van der Waals surface area contributed by atoms with Gasteiger partial charge in [-0.25, -0.2) is 9.79 Å². The molecule has 8 amide bonds. The Morgan fingerprint density at radius 3 is 2.17 bits per heavy atom. The van der Waals surface area contributed by atoms with Crippen molar-refractivity contribution in [3.05, 3.63) is 47.2 Å². The number of likely N-dealkylation sites (tertiary alicyclic amines) is 1. The topological polar surface area (TPSA) is 498 Å². The van der Waals surface area contributed by atoms with E-state index in [1.807, 2.05) is 6.07 Å². The van der Waals surface area contributed by atoms with Crippen molar-refractivity contribution >= 4 is 64.9 Å². The van der Waals surface area contributed by atoms with Crippen molar-refractivity contribution in [2.45, 2.75) is 126 Å². The SMILES string of the molecule is C[C@H](NC(=O)[C@@H](NC(=O)[C@@H](N)CCCCN)[C@@H](O)CN)C(=O)NCC(=O)/N=C(\CCCN)C(=O)N1CCC[C@H]1C(=O)N[C@@H](Cc1cccc(C#N)c1)C(=O)N[C@@H](CCCCN)C(=O)N/C(=C\CCNC(=N)N)C(=O)O. The molecule has 0 unspecified atom stereocenters. The van der Waals surface area contributed by atoms with Crippen LogP contribution in [0.15, 0.2) is 41.0 Å². The lowest BCUT2D eigenvalue weighted by atomic mass is 10.0. The number of hydrogen-bond donors (Lipinski definition) is 16. The molecule has 1 fully saturated rings. The highest BCUT2D eigenvalue weighted by Gasteiger charge is 2.38. The number of carboxylic acids is 1. The molecule has 1 aromatic carbocycles. The number of carbonyl (C=O) groups excluding carboxylic acids is 8. The van der Waals surface area contributed by atoms with Gasteiger partial charge in [-0.05, 0) is 108 Å². The molecular formula is C47H75N17O11. The third kappa shape index (κ3) is 22.7. The van der Waals surface area contributed by atoms with Crippen molar-refractivity contribution in [3.8, 4) is 6.07 Å². The van der Waals surface area contributed by atoms with Crippen LogP contribution in [0.3, 0.4) is 0 Å². The molecule has 0 aromatic heterocycles. The minimum Gasteiger partial charge on any atom is -0.477 e. The molecule has 28 nitrogen and oxygen atoms in total. The number of nitrogens with two attached hydrogens (primary N) is 6. The molecule has 75 heavy (non-hydrogen) atoms. The highest BCUT2D eigenvalue weighted by atomic mass is 16.4. The molecule has 0 bridgehead atoms. The second-order valence-electron chi connectivity index (χ2n) is 17.6. The summed E-state index contributed by atoms with van der Waals surface area (Å²) in [5, 5.41) is 54.2. The van der Waals surface area contributed by atoms with Gasteiger partial charge in [-0.3, -0.25) is 43.8 Å². The fourth-order valence-electron chi connectivity index (χ4n) is 7.53. The molecule has 0 saturated carbocycles. The maximum Gasteiger partial charge on any atom is 0.352 e. The Bertz CT molecular complexity index is 2250. The summed E-state index contributed by atoms with van der Waals surface area (Å²) in [6, 6.07) is 0.371. The lowest BCUT2D eigenvalue weighted by molar-refractivity contribution is -0.137. The maximum absolute atomic E-state index is 14.2. The van der Waals surface area contributed by atoms with Crippen LogP contribution in [-0.4, -0.2) is 168 Å². The van der Waals surface area contributed by atoms with Crippen molar-refractivity contribution in [1.29, 1.82) is 10.7 Å². The third-order valence-electron chi connectivity index (χ3n) is 11.6. The molecule has 1 aliphatic rings. The van der Waals surface area contributed by atoms with Crippen molar-refractivity contribution in [2.24, 2.45) is 39.4 Å². The number of guanidine groups is 1. The number of aliphatic hydroxyl groups is 1. The molecule has 22 N–H and O–H groups in total. The van der Waals surface area contributed by atoms with E-state index in [0.717, 1.165) is 0 Å². The number of benzene rings is 1. The Kier molecular flexibility index (Phi) is 29.0. The number of nitriles is 1. The first-order chi connectivity index (χ1) is 35.7. The van der Waals surface area contributed by atoms with Gasteiger partial charge in [0.2, 0.25) is 35.4 Å². The van der Waals surface area contributed by atoms with Crippen LogP contribution >= 0.6 is 0 Å². The smallest absolute Gasteiger partial charge is 0.352 e. The molecule has 414 valence electrons. The molecule has 1 aliphatic heterocycles. The lowest BCUT2D eigenvalue weighted by Crippen LogP contribution is -2.60. The van der Waals surface area contributed by atoms with Crippen LogP contribution in [0.5, 0.6) is 0 Å². The Balaban J connectivity index is 2.32. The van der Waals surface area contributed by atoms with E-state index in [0.29, 0.717) is 44.2 Å². The van der Waals surface area contributed by atoms with E-state index in [4.69, 9.17) is 39.8 Å². The van der Waals surface area contributed by atoms with E-state index >= 15 is 0 Å². The quantitative estimate of drug-likeness (QED) is 0.0135. The summed E-state index contributed by atoms with van der Waals surface area (Å²) in [5.41, 5.74) is 33.6. The molecule has 28 heteroatoms. The second kappa shape index (κ2) is 34.1. The minimum atomic E-state index is -1.58. The second-order valence-corrected chi connectivity index (χ2v) is 17.6. The van der Waals surface area contributed by atoms with E-state index in [1.165, 1.54) is 30.0 Å². The van der Waals surface area contributed by atoms with Gasteiger partial charge in [0.15, 0.2) is 5.96 Å². The van der Waals surface area contributed by atoms with Crippen LogP contribution in [0, 0.1) is 16.7 Å². The molecule has 2 rings (SSSR count). The van der Waals surface area contributed by atoms with Crippen molar-refractivity contribution in [1.82, 2.24) is 42.1 Å². The van der Waals surface area contributed by atoms with E-state index in [1.54, 1.807) is 12.1 Å². The molecule has 1 aromatic rings. The van der Waals surface area contributed by atoms with E-state index in [-0.39, 0.29) is 88.4 Å². The summed E-state index contributed by atoms with van der Waals surface area (Å²) in [7, 11) is 0. The minimum absolute atomic E-state index is 0.0141. The van der Waals surface area contributed by atoms with Crippen LogP contribution in [0.2, 0.25) is 0 Å². The number of amides is 8. The standard InChI is InChI=1S/C47H75N17O11/c1-27(58-44(72)38(36(65)25-52)63-40(68)30(53)12-2-4-17-48)39(67)57-26-37(66)59-32(14-7-19-50)45(73)64-21-9-16-35(64)43(71)62-34(23-28-10-6-11-29(22-28)24-51)42(70)60-31(13-3-5-18-49)41(69)61-33(46(74)75)15-8-20-56-47(54)55/h6,10-11,15,22,27,30-31,34-36,38,65H,2-5,7-9,12-14,16-21,23,25-26,48-50,52-53H2,1H3,(H,57,67)(H,58,72)(H,60,70)(H,61,69)(H,62,71)(H,63,68)(H,74,75)(H4,54,55,56)/b33-15-,59-32+/t27-,30-,31-,34-,35-,36-,38-/m0/s1. The fraction of sp³-hybridized carbons (Fsp3) is 0.574. The van der Waals surface area contributed by atoms with Crippen molar-refractivity contribution in [2.75, 3.05) is 45.8 Å². The Morgan fingerprint density at radius 2 is 1.55 bits per heavy atom. The number of nitrogens with zero attached hydrogens (tertiary/aromatic N) is 3. The molecular weight excluding hydrogens is 979 g/mol. The molecule has 1 heterocycles. The maximum atomic E-state index is 14.2. The zero-order valence-corrected chi connectivity index (χ0v) is 42.2. The highest BCUT2D eigenvalue weighted by Crippen LogP contribution is 2.20. The first kappa shape index (κ1) is 63.7. The molecule has 7 atom stereocenters. The number of rotatable bonds is 33. The summed E-state index contributed by atoms with van der Waals surface area (Å²) >= 11 is 0. The van der Waals surface area contributed by atoms with Crippen LogP contribution < -0.4 is 71.6 Å². The normalized spacial score (nSPS) is 15.9. The van der Waals surface area contributed by atoms with Gasteiger partial charge < -0.3 is 86.7 Å². The number of hydrogen-bond acceptors (Lipinski definition) is 17. The average Bonchev–Trinajstić information content (AvgIpc) is 3.88. The summed E-state index contributed by atoms with van der Waals surface area (Å²) in [4.78, 5) is 126. The summed E-state index contributed by atoms with van der Waals surface area (Å²) < 4.78 is 0. The van der Waals surface area contributed by atoms with Crippen LogP contribution in [-0.2, 0) is 49.6 Å². The number of aliphatic carboxylic acids is 1. The van der Waals surface area contributed by atoms with Gasteiger partial charge in [-0.2, -0.15) is 5.26 Å². The summed E-state index contributed by atoms with van der Waals surface area (Å²) in [6.07, 6.45) is 2.24. The average molecular weight is 1050 g/mol. The molecule has 0 aliphatic carbocycles. The number of carbonyl (C=O) groups is 9. The van der Waals surface area contributed by atoms with Gasteiger partial charge in [0.1, 0.15) is 41.6 Å². The third-order valence-corrected chi connectivity index (χ3v) is 11.6. The van der Waals surface area contributed by atoms with Gasteiger partial charge in [0.05, 0.1) is 30.3 Å². The predicted octanol–water partition coefficient (Wildman–Crippen LogP) is -5.26. The summed E-state index contributed by atoms with van der Waals surface area (Å²) in [5.74, 6) is -8.71.